The maximum Gasteiger partial charge on any atom is 0.0793 e. The molecule has 0 amide bonds. The van der Waals surface area contributed by atoms with Gasteiger partial charge in [-0.1, -0.05) is 17.7 Å². The zero-order chi connectivity index (χ0) is 12.3. The molecule has 17 heavy (non-hydrogen) atoms. The highest BCUT2D eigenvalue weighted by molar-refractivity contribution is 6.34. The Morgan fingerprint density at radius 3 is 2.94 bits per heavy atom. The van der Waals surface area contributed by atoms with Crippen LogP contribution in [0.15, 0.2) is 18.2 Å². The third kappa shape index (κ3) is 2.67. The molecule has 0 radical (unpaired) electrons. The first kappa shape index (κ1) is 12.5. The van der Waals surface area contributed by atoms with E-state index >= 15 is 0 Å². The predicted octanol–water partition coefficient (Wildman–Crippen LogP) is 2.34. The highest BCUT2D eigenvalue weighted by Gasteiger charge is 2.20. The van der Waals surface area contributed by atoms with Gasteiger partial charge in [0.2, 0.25) is 0 Å². The van der Waals surface area contributed by atoms with Crippen LogP contribution in [0.2, 0.25) is 5.02 Å². The van der Waals surface area contributed by atoms with Crippen LogP contribution in [0, 0.1) is 0 Å². The second-order valence-corrected chi connectivity index (χ2v) is 4.92. The normalized spacial score (nSPS) is 15.7. The van der Waals surface area contributed by atoms with Gasteiger partial charge >= 0.3 is 0 Å². The van der Waals surface area contributed by atoms with Crippen molar-refractivity contribution in [3.05, 3.63) is 23.2 Å². The summed E-state index contributed by atoms with van der Waals surface area (Å²) in [5.41, 5.74) is 8.00. The van der Waals surface area contributed by atoms with Gasteiger partial charge in [0.1, 0.15) is 0 Å². The Morgan fingerprint density at radius 1 is 1.35 bits per heavy atom. The lowest BCUT2D eigenvalue weighted by atomic mass is 10.2. The first-order chi connectivity index (χ1) is 8.24. The summed E-state index contributed by atoms with van der Waals surface area (Å²) in [5, 5.41) is 0.841. The Morgan fingerprint density at radius 2 is 2.18 bits per heavy atom. The quantitative estimate of drug-likeness (QED) is 0.898. The van der Waals surface area contributed by atoms with Crippen LogP contribution in [0.25, 0.3) is 0 Å². The third-order valence-corrected chi connectivity index (χ3v) is 3.55. The molecule has 0 spiro atoms. The molecular weight excluding hydrogens is 234 g/mol. The highest BCUT2D eigenvalue weighted by atomic mass is 35.5. The molecule has 1 heterocycles. The second kappa shape index (κ2) is 5.61. The van der Waals surface area contributed by atoms with E-state index in [1.165, 1.54) is 11.4 Å². The minimum absolute atomic E-state index is 0.728. The fourth-order valence-corrected chi connectivity index (χ4v) is 2.65. The van der Waals surface area contributed by atoms with Gasteiger partial charge in [-0.15, -0.1) is 0 Å². The molecule has 0 unspecified atom stereocenters. The second-order valence-electron chi connectivity index (χ2n) is 4.51. The molecule has 1 aromatic rings. The topological polar surface area (TPSA) is 32.5 Å². The lowest BCUT2D eigenvalue weighted by Gasteiger charge is -2.26. The van der Waals surface area contributed by atoms with Gasteiger partial charge in [0, 0.05) is 26.7 Å². The van der Waals surface area contributed by atoms with Gasteiger partial charge in [0.15, 0.2) is 0 Å². The number of hydrogen-bond donors (Lipinski definition) is 1. The third-order valence-electron chi connectivity index (χ3n) is 3.25. The van der Waals surface area contributed by atoms with E-state index in [2.05, 4.69) is 22.9 Å². The smallest absolute Gasteiger partial charge is 0.0793 e. The Balaban J connectivity index is 2.34. The molecule has 0 saturated carbocycles. The number of nitrogens with two attached hydrogens (primary N) is 1. The number of nitrogens with zero attached hydrogens (tertiary/aromatic N) is 2. The largest absolute Gasteiger partial charge is 0.373 e. The molecule has 0 saturated heterocycles. The maximum absolute atomic E-state index is 6.35. The lowest BCUT2D eigenvalue weighted by Crippen LogP contribution is -2.27. The van der Waals surface area contributed by atoms with E-state index in [4.69, 9.17) is 17.3 Å². The summed E-state index contributed by atoms with van der Waals surface area (Å²) < 4.78 is 0. The lowest BCUT2D eigenvalue weighted by molar-refractivity contribution is 0.710. The zero-order valence-corrected chi connectivity index (χ0v) is 11.1. The molecule has 0 bridgehead atoms. The summed E-state index contributed by atoms with van der Waals surface area (Å²) in [4.78, 5) is 4.65. The molecule has 2 N–H and O–H groups in total. The summed E-state index contributed by atoms with van der Waals surface area (Å²) in [6.07, 6.45) is 2.17. The molecule has 1 aliphatic heterocycles. The van der Waals surface area contributed by atoms with Crippen LogP contribution in [0.5, 0.6) is 0 Å². The van der Waals surface area contributed by atoms with Crippen LogP contribution in [0.3, 0.4) is 0 Å². The Bertz CT molecular complexity index is 381. The Kier molecular flexibility index (Phi) is 4.13. The number of halogens is 1. The number of benzene rings is 1. The molecule has 2 rings (SSSR count). The standard InChI is InChI=1S/C13H20ClN3/c1-16-8-4-10-17(9-3-7-15)13-11(14)5-2-6-12(13)16/h2,5-6H,3-4,7-10,15H2,1H3. The molecule has 0 aromatic heterocycles. The number of para-hydroxylation sites is 1. The minimum atomic E-state index is 0.728. The molecule has 1 aromatic carbocycles. The van der Waals surface area contributed by atoms with E-state index in [9.17, 15) is 0 Å². The fourth-order valence-electron chi connectivity index (χ4n) is 2.36. The van der Waals surface area contributed by atoms with Gasteiger partial charge in [0.05, 0.1) is 16.4 Å². The first-order valence-corrected chi connectivity index (χ1v) is 6.56. The minimum Gasteiger partial charge on any atom is -0.373 e. The first-order valence-electron chi connectivity index (χ1n) is 6.18. The van der Waals surface area contributed by atoms with Crippen LogP contribution in [0.1, 0.15) is 12.8 Å². The van der Waals surface area contributed by atoms with Gasteiger partial charge in [-0.2, -0.15) is 0 Å². The molecule has 1 aliphatic rings. The average Bonchev–Trinajstić information content (AvgIpc) is 2.48. The van der Waals surface area contributed by atoms with Crippen molar-refractivity contribution in [1.82, 2.24) is 0 Å². The van der Waals surface area contributed by atoms with Crippen molar-refractivity contribution in [3.63, 3.8) is 0 Å². The van der Waals surface area contributed by atoms with E-state index in [1.807, 2.05) is 12.1 Å². The molecular formula is C13H20ClN3. The summed E-state index contributed by atoms with van der Waals surface area (Å²) in [7, 11) is 2.13. The maximum atomic E-state index is 6.35. The Hall–Kier alpha value is -0.930. The van der Waals surface area contributed by atoms with Crippen molar-refractivity contribution in [1.29, 1.82) is 0 Å². The van der Waals surface area contributed by atoms with Crippen LogP contribution >= 0.6 is 11.6 Å². The summed E-state index contributed by atoms with van der Waals surface area (Å²) in [6, 6.07) is 6.13. The summed E-state index contributed by atoms with van der Waals surface area (Å²) in [6.45, 7) is 3.85. The van der Waals surface area contributed by atoms with Crippen molar-refractivity contribution in [3.8, 4) is 0 Å². The van der Waals surface area contributed by atoms with Crippen molar-refractivity contribution in [2.75, 3.05) is 43.0 Å². The van der Waals surface area contributed by atoms with Gasteiger partial charge in [-0.25, -0.2) is 0 Å². The summed E-state index contributed by atoms with van der Waals surface area (Å²) in [5.74, 6) is 0. The summed E-state index contributed by atoms with van der Waals surface area (Å²) >= 11 is 6.35. The van der Waals surface area contributed by atoms with Crippen LogP contribution in [-0.2, 0) is 0 Å². The van der Waals surface area contributed by atoms with E-state index < -0.39 is 0 Å². The fraction of sp³-hybridized carbons (Fsp3) is 0.538. The number of rotatable bonds is 3. The Labute approximate surface area is 108 Å². The number of fused-ring (bicyclic) bond motifs is 1. The molecule has 94 valence electrons. The van der Waals surface area contributed by atoms with Gasteiger partial charge in [-0.3, -0.25) is 0 Å². The van der Waals surface area contributed by atoms with E-state index in [0.717, 1.165) is 44.0 Å². The SMILES string of the molecule is CN1CCCN(CCCN)c2c(Cl)cccc21. The van der Waals surface area contributed by atoms with Crippen LogP contribution < -0.4 is 15.5 Å². The number of hydrogen-bond acceptors (Lipinski definition) is 3. The van der Waals surface area contributed by atoms with E-state index in [-0.39, 0.29) is 0 Å². The zero-order valence-electron chi connectivity index (χ0n) is 10.3. The van der Waals surface area contributed by atoms with Gasteiger partial charge in [-0.05, 0) is 31.5 Å². The molecule has 0 atom stereocenters. The molecule has 3 nitrogen and oxygen atoms in total. The van der Waals surface area contributed by atoms with Crippen molar-refractivity contribution >= 4 is 23.0 Å². The average molecular weight is 254 g/mol. The number of anilines is 2. The van der Waals surface area contributed by atoms with E-state index in [0.29, 0.717) is 0 Å². The monoisotopic (exact) mass is 253 g/mol. The highest BCUT2D eigenvalue weighted by Crippen LogP contribution is 2.37. The molecule has 0 fully saturated rings. The predicted molar refractivity (Wildman–Crippen MR) is 75.2 cm³/mol. The van der Waals surface area contributed by atoms with Crippen LogP contribution in [-0.4, -0.2) is 33.2 Å². The van der Waals surface area contributed by atoms with Crippen molar-refractivity contribution < 1.29 is 0 Å². The van der Waals surface area contributed by atoms with Gasteiger partial charge in [0.25, 0.3) is 0 Å². The van der Waals surface area contributed by atoms with Crippen molar-refractivity contribution in [2.24, 2.45) is 5.73 Å². The van der Waals surface area contributed by atoms with Gasteiger partial charge < -0.3 is 15.5 Å². The van der Waals surface area contributed by atoms with Crippen LogP contribution in [0.4, 0.5) is 11.4 Å². The molecule has 0 aliphatic carbocycles. The van der Waals surface area contributed by atoms with E-state index in [1.54, 1.807) is 0 Å². The molecule has 4 heteroatoms. The van der Waals surface area contributed by atoms with Crippen molar-refractivity contribution in [2.45, 2.75) is 12.8 Å².